The van der Waals surface area contributed by atoms with Crippen LogP contribution >= 0.6 is 0 Å². The Morgan fingerprint density at radius 2 is 1.60 bits per heavy atom. The molecule has 3 heterocycles. The van der Waals surface area contributed by atoms with Gasteiger partial charge in [-0.1, -0.05) is 0 Å². The van der Waals surface area contributed by atoms with Crippen LogP contribution in [0.5, 0.6) is 0 Å². The summed E-state index contributed by atoms with van der Waals surface area (Å²) >= 11 is 0. The number of nitrogens with two attached hydrogens (primary N) is 1. The van der Waals surface area contributed by atoms with E-state index in [2.05, 4.69) is 4.98 Å². The molecule has 0 aliphatic carbocycles. The Morgan fingerprint density at radius 1 is 1.05 bits per heavy atom. The molecule has 0 spiro atoms. The van der Waals surface area contributed by atoms with Crippen molar-refractivity contribution >= 4 is 35.9 Å². The van der Waals surface area contributed by atoms with Gasteiger partial charge in [-0.05, 0) is 30.0 Å². The van der Waals surface area contributed by atoms with Crippen molar-refractivity contribution in [2.24, 2.45) is 17.6 Å². The van der Waals surface area contributed by atoms with Crippen LogP contribution in [-0.4, -0.2) is 106 Å². The molecule has 3 N–H and O–H groups in total. The number of aliphatic carboxylic acids is 1. The fraction of sp³-hybridized carbons (Fsp3) is 0.684. The summed E-state index contributed by atoms with van der Waals surface area (Å²) in [5.41, 5.74) is 5.98. The topological polar surface area (TPSA) is 185 Å². The standard InChI is InChI=1S/C17H25F3N4O6S3.C2HF3O2/c18-17(19,20)15-7-14(12-32(27,28)16-8-13(9-21)1-2-22-16)10-24(11-15)33(29,30)23-3-5-31(25,26)6-4-23;3-2(4,5)1(6)7/h1-2,8,14-15H,3-7,9-12,21H2;(H,6,7). The zero-order valence-electron chi connectivity index (χ0n) is 20.5. The summed E-state index contributed by atoms with van der Waals surface area (Å²) in [6.07, 6.45) is -9.14. The lowest BCUT2D eigenvalue weighted by molar-refractivity contribution is -0.192. The lowest BCUT2D eigenvalue weighted by Gasteiger charge is -2.40. The molecule has 0 bridgehead atoms. The summed E-state index contributed by atoms with van der Waals surface area (Å²) in [4.78, 5) is 12.7. The van der Waals surface area contributed by atoms with Crippen LogP contribution in [0.4, 0.5) is 26.3 Å². The van der Waals surface area contributed by atoms with E-state index < -0.39 is 96.8 Å². The van der Waals surface area contributed by atoms with E-state index in [0.29, 0.717) is 9.87 Å². The maximum absolute atomic E-state index is 13.6. The van der Waals surface area contributed by atoms with Crippen molar-refractivity contribution in [2.45, 2.75) is 30.3 Å². The Bertz CT molecular complexity index is 1370. The van der Waals surface area contributed by atoms with Gasteiger partial charge < -0.3 is 10.8 Å². The van der Waals surface area contributed by atoms with Gasteiger partial charge in [0.1, 0.15) is 0 Å². The van der Waals surface area contributed by atoms with Gasteiger partial charge in [-0.3, -0.25) is 0 Å². The molecule has 2 saturated heterocycles. The van der Waals surface area contributed by atoms with Crippen molar-refractivity contribution in [3.63, 3.8) is 0 Å². The third kappa shape index (κ3) is 9.23. The van der Waals surface area contributed by atoms with Gasteiger partial charge in [0.15, 0.2) is 24.7 Å². The van der Waals surface area contributed by atoms with Crippen molar-refractivity contribution < 1.29 is 61.5 Å². The zero-order chi connectivity index (χ0) is 30.7. The van der Waals surface area contributed by atoms with Crippen LogP contribution in [-0.2, 0) is 41.2 Å². The smallest absolute Gasteiger partial charge is 0.475 e. The minimum atomic E-state index is -5.08. The molecular formula is C19H26F6N4O8S3. The lowest BCUT2D eigenvalue weighted by atomic mass is 9.91. The van der Waals surface area contributed by atoms with Crippen LogP contribution in [0.1, 0.15) is 12.0 Å². The maximum atomic E-state index is 13.6. The monoisotopic (exact) mass is 648 g/mol. The number of hydrogen-bond acceptors (Lipinski definition) is 9. The van der Waals surface area contributed by atoms with E-state index in [1.165, 1.54) is 18.3 Å². The van der Waals surface area contributed by atoms with Crippen LogP contribution in [0.3, 0.4) is 0 Å². The highest BCUT2D eigenvalue weighted by molar-refractivity contribution is 7.92. The van der Waals surface area contributed by atoms with Gasteiger partial charge in [0.25, 0.3) is 10.2 Å². The normalized spacial score (nSPS) is 23.2. The minimum absolute atomic E-state index is 0.0438. The van der Waals surface area contributed by atoms with Gasteiger partial charge in [0.05, 0.1) is 23.2 Å². The van der Waals surface area contributed by atoms with Gasteiger partial charge >= 0.3 is 18.3 Å². The Hall–Kier alpha value is -2.07. The number of pyridine rings is 1. The molecule has 0 amide bonds. The molecule has 2 fully saturated rings. The molecule has 2 aliphatic rings. The number of carboxylic acids is 1. The third-order valence-corrected chi connectivity index (χ3v) is 11.3. The Morgan fingerprint density at radius 3 is 2.08 bits per heavy atom. The molecule has 0 aromatic carbocycles. The van der Waals surface area contributed by atoms with Crippen LogP contribution in [0.15, 0.2) is 23.4 Å². The number of sulfone groups is 2. The van der Waals surface area contributed by atoms with Gasteiger partial charge in [0, 0.05) is 38.9 Å². The van der Waals surface area contributed by atoms with Crippen molar-refractivity contribution in [3.8, 4) is 0 Å². The highest BCUT2D eigenvalue weighted by Crippen LogP contribution is 2.37. The average molecular weight is 649 g/mol. The molecule has 3 rings (SSSR count). The van der Waals surface area contributed by atoms with E-state index in [4.69, 9.17) is 15.6 Å². The highest BCUT2D eigenvalue weighted by atomic mass is 32.2. The number of carbonyl (C=O) groups is 1. The van der Waals surface area contributed by atoms with Gasteiger partial charge in [0.2, 0.25) is 0 Å². The van der Waals surface area contributed by atoms with Crippen LogP contribution in [0.25, 0.3) is 0 Å². The van der Waals surface area contributed by atoms with Crippen molar-refractivity contribution in [3.05, 3.63) is 23.9 Å². The fourth-order valence-electron chi connectivity index (χ4n) is 3.94. The predicted molar refractivity (Wildman–Crippen MR) is 126 cm³/mol. The highest BCUT2D eigenvalue weighted by Gasteiger charge is 2.49. The summed E-state index contributed by atoms with van der Waals surface area (Å²) in [6.45, 7) is -1.98. The molecule has 2 aliphatic heterocycles. The molecule has 230 valence electrons. The molecule has 12 nitrogen and oxygen atoms in total. The van der Waals surface area contributed by atoms with Crippen molar-refractivity contribution in [1.29, 1.82) is 0 Å². The molecule has 40 heavy (non-hydrogen) atoms. The van der Waals surface area contributed by atoms with Gasteiger partial charge in [-0.2, -0.15) is 43.4 Å². The molecule has 0 saturated carbocycles. The SMILES string of the molecule is NCc1ccnc(S(=O)(=O)CC2CC(C(F)(F)F)CN(S(=O)(=O)N3CCS(=O)(=O)CC3)C2)c1.O=C(O)C(F)(F)F. The number of alkyl halides is 6. The van der Waals surface area contributed by atoms with Crippen molar-refractivity contribution in [1.82, 2.24) is 13.6 Å². The first kappa shape index (κ1) is 34.1. The van der Waals surface area contributed by atoms with Gasteiger partial charge in [-0.15, -0.1) is 0 Å². The molecular weight excluding hydrogens is 622 g/mol. The molecule has 2 atom stereocenters. The number of rotatable bonds is 6. The maximum Gasteiger partial charge on any atom is 0.490 e. The zero-order valence-corrected chi connectivity index (χ0v) is 22.9. The lowest BCUT2D eigenvalue weighted by Crippen LogP contribution is -2.56. The third-order valence-electron chi connectivity index (χ3n) is 5.97. The van der Waals surface area contributed by atoms with E-state index in [1.54, 1.807) is 0 Å². The van der Waals surface area contributed by atoms with E-state index in [0.717, 1.165) is 4.31 Å². The molecule has 21 heteroatoms. The second-order valence-corrected chi connectivity index (χ2v) is 15.2. The molecule has 1 aromatic heterocycles. The summed E-state index contributed by atoms with van der Waals surface area (Å²) in [5.74, 6) is -7.53. The van der Waals surface area contributed by atoms with E-state index in [9.17, 15) is 51.6 Å². The number of halogens is 6. The summed E-state index contributed by atoms with van der Waals surface area (Å²) in [7, 11) is -11.9. The fourth-order valence-corrected chi connectivity index (χ4v) is 8.69. The first-order chi connectivity index (χ1) is 18.1. The van der Waals surface area contributed by atoms with Crippen LogP contribution < -0.4 is 5.73 Å². The molecule has 1 aromatic rings. The van der Waals surface area contributed by atoms with Crippen LogP contribution in [0, 0.1) is 11.8 Å². The summed E-state index contributed by atoms with van der Waals surface area (Å²) in [5, 5.41) is 6.79. The minimum Gasteiger partial charge on any atom is -0.475 e. The first-order valence-corrected chi connectivity index (χ1v) is 16.2. The van der Waals surface area contributed by atoms with Crippen molar-refractivity contribution in [2.75, 3.05) is 43.4 Å². The van der Waals surface area contributed by atoms with E-state index >= 15 is 0 Å². The summed E-state index contributed by atoms with van der Waals surface area (Å²) in [6, 6.07) is 2.74. The second-order valence-electron chi connectivity index (χ2n) is 9.01. The van der Waals surface area contributed by atoms with E-state index in [1.807, 2.05) is 0 Å². The predicted octanol–water partition coefficient (Wildman–Crippen LogP) is 0.423. The largest absolute Gasteiger partial charge is 0.490 e. The number of carboxylic acid groups (broad SMARTS) is 1. The molecule has 0 radical (unpaired) electrons. The quantitative estimate of drug-likeness (QED) is 0.410. The van der Waals surface area contributed by atoms with Gasteiger partial charge in [-0.25, -0.2) is 26.6 Å². The number of aromatic nitrogens is 1. The Balaban J connectivity index is 0.000000708. The Labute approximate surface area is 226 Å². The second kappa shape index (κ2) is 12.4. The Kier molecular flexibility index (Phi) is 10.6. The molecule has 2 unspecified atom stereocenters. The number of hydrogen-bond donors (Lipinski definition) is 2. The number of piperidine rings is 1. The first-order valence-electron chi connectivity index (χ1n) is 11.3. The summed E-state index contributed by atoms with van der Waals surface area (Å²) < 4.78 is 149. The van der Waals surface area contributed by atoms with E-state index in [-0.39, 0.29) is 24.7 Å². The van der Waals surface area contributed by atoms with Crippen LogP contribution in [0.2, 0.25) is 0 Å². The average Bonchev–Trinajstić information content (AvgIpc) is 2.82. The number of nitrogens with zero attached hydrogens (tertiary/aromatic N) is 3.